The van der Waals surface area contributed by atoms with Crippen molar-refractivity contribution in [2.24, 2.45) is 0 Å². The van der Waals surface area contributed by atoms with Crippen molar-refractivity contribution < 1.29 is 14.4 Å². The number of carbonyl (C=O) groups excluding carboxylic acids is 3. The molecule has 0 spiro atoms. The molecule has 8 heteroatoms. The van der Waals surface area contributed by atoms with Gasteiger partial charge in [0, 0.05) is 48.6 Å². The van der Waals surface area contributed by atoms with E-state index >= 15 is 0 Å². The molecule has 30 heavy (non-hydrogen) atoms. The van der Waals surface area contributed by atoms with Crippen molar-refractivity contribution in [3.63, 3.8) is 0 Å². The number of hydrogen-bond acceptors (Lipinski definition) is 5. The summed E-state index contributed by atoms with van der Waals surface area (Å²) in [5.41, 5.74) is 3.74. The van der Waals surface area contributed by atoms with Crippen LogP contribution in [0.25, 0.3) is 11.3 Å². The molecule has 8 nitrogen and oxygen atoms in total. The maximum atomic E-state index is 12.4. The first-order valence-corrected chi connectivity index (χ1v) is 9.72. The summed E-state index contributed by atoms with van der Waals surface area (Å²) in [6, 6.07) is 12.3. The van der Waals surface area contributed by atoms with Gasteiger partial charge in [0.25, 0.3) is 5.91 Å². The summed E-state index contributed by atoms with van der Waals surface area (Å²) in [5.74, 6) is -0.646. The van der Waals surface area contributed by atoms with Gasteiger partial charge in [-0.3, -0.25) is 28.9 Å². The summed E-state index contributed by atoms with van der Waals surface area (Å²) in [6.45, 7) is 2.92. The quantitative estimate of drug-likeness (QED) is 0.637. The van der Waals surface area contributed by atoms with E-state index in [2.05, 4.69) is 15.4 Å². The summed E-state index contributed by atoms with van der Waals surface area (Å²) in [6.07, 6.45) is 3.95. The number of nitrogens with one attached hydrogen (secondary N) is 1. The van der Waals surface area contributed by atoms with Gasteiger partial charge in [-0.2, -0.15) is 5.10 Å². The molecule has 3 heterocycles. The third-order valence-electron chi connectivity index (χ3n) is 4.99. The first-order chi connectivity index (χ1) is 14.5. The van der Waals surface area contributed by atoms with Crippen molar-refractivity contribution >= 4 is 23.4 Å². The van der Waals surface area contributed by atoms with E-state index in [0.717, 1.165) is 17.0 Å². The second-order valence-electron chi connectivity index (χ2n) is 7.06. The number of amides is 3. The maximum Gasteiger partial charge on any atom is 0.251 e. The predicted molar refractivity (Wildman–Crippen MR) is 111 cm³/mol. The highest BCUT2D eigenvalue weighted by atomic mass is 16.2. The number of aryl methyl sites for hydroxylation is 1. The Hall–Kier alpha value is -3.81. The number of imide groups is 1. The van der Waals surface area contributed by atoms with Crippen molar-refractivity contribution in [1.82, 2.24) is 20.1 Å². The molecule has 1 aliphatic rings. The Morgan fingerprint density at radius 1 is 1.10 bits per heavy atom. The van der Waals surface area contributed by atoms with Gasteiger partial charge in [-0.15, -0.1) is 0 Å². The van der Waals surface area contributed by atoms with Crippen LogP contribution in [0.2, 0.25) is 0 Å². The largest absolute Gasteiger partial charge is 0.350 e. The van der Waals surface area contributed by atoms with Crippen molar-refractivity contribution in [1.29, 1.82) is 0 Å². The van der Waals surface area contributed by atoms with Gasteiger partial charge in [0.15, 0.2) is 0 Å². The molecule has 3 aromatic rings. The minimum Gasteiger partial charge on any atom is -0.350 e. The van der Waals surface area contributed by atoms with E-state index in [-0.39, 0.29) is 30.6 Å². The highest BCUT2D eigenvalue weighted by molar-refractivity contribution is 6.19. The van der Waals surface area contributed by atoms with E-state index in [0.29, 0.717) is 24.3 Å². The monoisotopic (exact) mass is 403 g/mol. The molecule has 1 aromatic carbocycles. The van der Waals surface area contributed by atoms with Crippen LogP contribution in [0.3, 0.4) is 0 Å². The molecule has 0 bridgehead atoms. The summed E-state index contributed by atoms with van der Waals surface area (Å²) >= 11 is 0. The van der Waals surface area contributed by atoms with Crippen LogP contribution in [-0.4, -0.2) is 39.0 Å². The minimum atomic E-state index is -0.224. The topological polar surface area (TPSA) is 97.2 Å². The van der Waals surface area contributed by atoms with Gasteiger partial charge in [0.2, 0.25) is 11.8 Å². The lowest BCUT2D eigenvalue weighted by Crippen LogP contribution is -2.29. The predicted octanol–water partition coefficient (Wildman–Crippen LogP) is 2.34. The molecule has 1 aliphatic heterocycles. The van der Waals surface area contributed by atoms with Crippen LogP contribution in [-0.2, 0) is 16.1 Å². The van der Waals surface area contributed by atoms with Crippen molar-refractivity contribution in [3.8, 4) is 11.3 Å². The molecule has 4 rings (SSSR count). The average molecular weight is 403 g/mol. The van der Waals surface area contributed by atoms with Crippen LogP contribution in [0.15, 0.2) is 54.9 Å². The molecule has 0 unspecified atom stereocenters. The third kappa shape index (κ3) is 3.98. The Labute approximate surface area is 173 Å². The first-order valence-electron chi connectivity index (χ1n) is 9.72. The number of nitrogens with zero attached hydrogens (tertiary/aromatic N) is 4. The summed E-state index contributed by atoms with van der Waals surface area (Å²) < 4.78 is 1.84. The van der Waals surface area contributed by atoms with Crippen LogP contribution in [0, 0.1) is 6.92 Å². The normalized spacial score (nSPS) is 13.7. The Morgan fingerprint density at radius 3 is 2.50 bits per heavy atom. The fourth-order valence-electron chi connectivity index (χ4n) is 3.40. The van der Waals surface area contributed by atoms with Crippen LogP contribution in [0.1, 0.15) is 28.9 Å². The second kappa shape index (κ2) is 8.28. The van der Waals surface area contributed by atoms with Crippen molar-refractivity contribution in [3.05, 3.63) is 66.1 Å². The summed E-state index contributed by atoms with van der Waals surface area (Å²) in [7, 11) is 0. The third-order valence-corrected chi connectivity index (χ3v) is 4.99. The summed E-state index contributed by atoms with van der Waals surface area (Å²) in [5, 5.41) is 7.45. The fourth-order valence-corrected chi connectivity index (χ4v) is 3.40. The molecule has 2 aromatic heterocycles. The van der Waals surface area contributed by atoms with Gasteiger partial charge in [0.1, 0.15) is 0 Å². The van der Waals surface area contributed by atoms with E-state index < -0.39 is 0 Å². The molecule has 0 aliphatic carbocycles. The fraction of sp³-hybridized carbons (Fsp3) is 0.227. The molecule has 0 radical (unpaired) electrons. The smallest absolute Gasteiger partial charge is 0.251 e. The van der Waals surface area contributed by atoms with Gasteiger partial charge in [-0.25, -0.2) is 0 Å². The molecular weight excluding hydrogens is 382 g/mol. The Balaban J connectivity index is 1.35. The molecular formula is C22H21N5O3. The van der Waals surface area contributed by atoms with E-state index in [9.17, 15) is 14.4 Å². The molecule has 3 amide bonds. The second-order valence-corrected chi connectivity index (χ2v) is 7.06. The van der Waals surface area contributed by atoms with E-state index in [4.69, 9.17) is 0 Å². The Bertz CT molecular complexity index is 1070. The van der Waals surface area contributed by atoms with Gasteiger partial charge >= 0.3 is 0 Å². The number of pyridine rings is 1. The lowest BCUT2D eigenvalue weighted by atomic mass is 10.2. The highest BCUT2D eigenvalue weighted by Crippen LogP contribution is 2.22. The van der Waals surface area contributed by atoms with Crippen molar-refractivity contribution in [2.45, 2.75) is 26.3 Å². The van der Waals surface area contributed by atoms with E-state index in [1.807, 2.05) is 29.8 Å². The summed E-state index contributed by atoms with van der Waals surface area (Å²) in [4.78, 5) is 41.3. The highest BCUT2D eigenvalue weighted by Gasteiger charge is 2.30. The standard InChI is InChI=1S/C22H21N5O3/c1-15-13-19(17-3-2-10-23-14-17)25-26(15)12-11-24-22(30)16-4-6-18(7-5-16)27-20(28)8-9-21(27)29/h2-7,10,13-14H,8-9,11-12H2,1H3,(H,24,30). The number of hydrogen-bond donors (Lipinski definition) is 1. The Morgan fingerprint density at radius 2 is 1.83 bits per heavy atom. The van der Waals surface area contributed by atoms with Crippen LogP contribution in [0.4, 0.5) is 5.69 Å². The molecule has 152 valence electrons. The number of benzene rings is 1. The van der Waals surface area contributed by atoms with Gasteiger partial charge in [0.05, 0.1) is 17.9 Å². The number of aromatic nitrogens is 3. The molecule has 1 fully saturated rings. The molecule has 0 saturated carbocycles. The van der Waals surface area contributed by atoms with Gasteiger partial charge in [-0.1, -0.05) is 0 Å². The first kappa shape index (κ1) is 19.5. The molecule has 1 saturated heterocycles. The lowest BCUT2D eigenvalue weighted by Gasteiger charge is -2.14. The number of rotatable bonds is 6. The molecule has 0 atom stereocenters. The van der Waals surface area contributed by atoms with E-state index in [1.165, 1.54) is 4.90 Å². The van der Waals surface area contributed by atoms with Gasteiger partial charge < -0.3 is 5.32 Å². The zero-order valence-electron chi connectivity index (χ0n) is 16.5. The SMILES string of the molecule is Cc1cc(-c2cccnc2)nn1CCNC(=O)c1ccc(N2C(=O)CCC2=O)cc1. The van der Waals surface area contributed by atoms with Crippen LogP contribution in [0.5, 0.6) is 0 Å². The lowest BCUT2D eigenvalue weighted by molar-refractivity contribution is -0.121. The molecule has 1 N–H and O–H groups in total. The maximum absolute atomic E-state index is 12.4. The zero-order chi connectivity index (χ0) is 21.1. The van der Waals surface area contributed by atoms with Gasteiger partial charge in [-0.05, 0) is 49.4 Å². The number of anilines is 1. The number of carbonyl (C=O) groups is 3. The van der Waals surface area contributed by atoms with Crippen LogP contribution >= 0.6 is 0 Å². The van der Waals surface area contributed by atoms with Crippen LogP contribution < -0.4 is 10.2 Å². The zero-order valence-corrected chi connectivity index (χ0v) is 16.5. The van der Waals surface area contributed by atoms with Crippen molar-refractivity contribution in [2.75, 3.05) is 11.4 Å². The van der Waals surface area contributed by atoms with E-state index in [1.54, 1.807) is 36.7 Å². The Kier molecular flexibility index (Phi) is 5.38. The average Bonchev–Trinajstić information content (AvgIpc) is 3.30. The minimum absolute atomic E-state index is 0.211.